The molecule has 3 aromatic rings. The van der Waals surface area contributed by atoms with Crippen LogP contribution in [0.1, 0.15) is 16.8 Å². The topological polar surface area (TPSA) is 93.1 Å². The van der Waals surface area contributed by atoms with Crippen LogP contribution in [0.25, 0.3) is 0 Å². The van der Waals surface area contributed by atoms with Crippen molar-refractivity contribution in [1.29, 1.82) is 0 Å². The highest BCUT2D eigenvalue weighted by Crippen LogP contribution is 2.26. The van der Waals surface area contributed by atoms with Crippen LogP contribution in [0.5, 0.6) is 0 Å². The highest BCUT2D eigenvalue weighted by Gasteiger charge is 2.17. The van der Waals surface area contributed by atoms with Crippen molar-refractivity contribution in [2.45, 2.75) is 17.9 Å². The van der Waals surface area contributed by atoms with E-state index in [1.165, 1.54) is 18.2 Å². The molecular formula is C19H18ClFN4O3S. The van der Waals surface area contributed by atoms with E-state index in [4.69, 9.17) is 11.6 Å². The Kier molecular flexibility index (Phi) is 6.50. The summed E-state index contributed by atoms with van der Waals surface area (Å²) in [6.07, 6.45) is 4.20. The van der Waals surface area contributed by atoms with Crippen molar-refractivity contribution in [2.24, 2.45) is 0 Å². The van der Waals surface area contributed by atoms with Crippen LogP contribution in [0, 0.1) is 5.82 Å². The summed E-state index contributed by atoms with van der Waals surface area (Å²) < 4.78 is 42.1. The van der Waals surface area contributed by atoms with Crippen LogP contribution >= 0.6 is 11.6 Å². The third kappa shape index (κ3) is 5.55. The van der Waals surface area contributed by atoms with Gasteiger partial charge in [-0.25, -0.2) is 12.8 Å². The number of sulfonamides is 1. The molecule has 0 saturated heterocycles. The molecule has 1 aromatic heterocycles. The molecule has 3 rings (SSSR count). The van der Waals surface area contributed by atoms with Gasteiger partial charge in [0.2, 0.25) is 0 Å². The average molecular weight is 437 g/mol. The Morgan fingerprint density at radius 2 is 1.93 bits per heavy atom. The van der Waals surface area contributed by atoms with Crippen LogP contribution < -0.4 is 10.0 Å². The van der Waals surface area contributed by atoms with E-state index >= 15 is 0 Å². The number of aryl methyl sites for hydroxylation is 1. The molecule has 0 aliphatic heterocycles. The zero-order chi connectivity index (χ0) is 20.9. The van der Waals surface area contributed by atoms with E-state index in [0.717, 1.165) is 24.3 Å². The SMILES string of the molecule is O=C(NCCCn1cccn1)c1ccc(Cl)c(NS(=O)(=O)c2ccc(F)cc2)c1. The molecule has 0 unspecified atom stereocenters. The second-order valence-corrected chi connectivity index (χ2v) is 8.22. The molecule has 0 bridgehead atoms. The standard InChI is InChI=1S/C19H18ClFN4O3S/c20-17-8-3-14(19(26)22-9-1-11-25-12-2-10-23-25)13-18(17)24-29(27,28)16-6-4-15(21)5-7-16/h2-8,10,12-13,24H,1,9,11H2,(H,22,26). The van der Waals surface area contributed by atoms with Gasteiger partial charge in [0, 0.05) is 31.0 Å². The van der Waals surface area contributed by atoms with E-state index in [0.29, 0.717) is 19.5 Å². The lowest BCUT2D eigenvalue weighted by Crippen LogP contribution is -2.25. The maximum atomic E-state index is 13.0. The number of carbonyl (C=O) groups excluding carboxylic acids is 1. The summed E-state index contributed by atoms with van der Waals surface area (Å²) in [6, 6.07) is 10.5. The number of carbonyl (C=O) groups is 1. The van der Waals surface area contributed by atoms with Crippen molar-refractivity contribution in [1.82, 2.24) is 15.1 Å². The van der Waals surface area contributed by atoms with Crippen molar-refractivity contribution in [3.05, 3.63) is 77.3 Å². The van der Waals surface area contributed by atoms with Crippen molar-refractivity contribution in [3.8, 4) is 0 Å². The summed E-state index contributed by atoms with van der Waals surface area (Å²) in [5.41, 5.74) is 0.311. The zero-order valence-corrected chi connectivity index (χ0v) is 16.8. The number of halogens is 2. The summed E-state index contributed by atoms with van der Waals surface area (Å²) in [7, 11) is -3.98. The number of rotatable bonds is 8. The number of hydrogen-bond acceptors (Lipinski definition) is 4. The molecule has 29 heavy (non-hydrogen) atoms. The smallest absolute Gasteiger partial charge is 0.261 e. The molecule has 7 nitrogen and oxygen atoms in total. The van der Waals surface area contributed by atoms with Gasteiger partial charge in [-0.2, -0.15) is 5.10 Å². The molecule has 0 atom stereocenters. The van der Waals surface area contributed by atoms with E-state index in [9.17, 15) is 17.6 Å². The van der Waals surface area contributed by atoms with Gasteiger partial charge in [-0.3, -0.25) is 14.2 Å². The van der Waals surface area contributed by atoms with Crippen molar-refractivity contribution < 1.29 is 17.6 Å². The first-order valence-electron chi connectivity index (χ1n) is 8.69. The Morgan fingerprint density at radius 1 is 1.17 bits per heavy atom. The quantitative estimate of drug-likeness (QED) is 0.530. The van der Waals surface area contributed by atoms with Gasteiger partial charge in [0.05, 0.1) is 15.6 Å². The maximum Gasteiger partial charge on any atom is 0.261 e. The molecular weight excluding hydrogens is 419 g/mol. The molecule has 0 fully saturated rings. The number of nitrogens with one attached hydrogen (secondary N) is 2. The number of amides is 1. The third-order valence-electron chi connectivity index (χ3n) is 4.01. The first-order valence-corrected chi connectivity index (χ1v) is 10.5. The molecule has 0 spiro atoms. The number of hydrogen-bond donors (Lipinski definition) is 2. The molecule has 1 heterocycles. The molecule has 0 radical (unpaired) electrons. The minimum atomic E-state index is -3.98. The van der Waals surface area contributed by atoms with Crippen LogP contribution in [-0.4, -0.2) is 30.7 Å². The van der Waals surface area contributed by atoms with Crippen LogP contribution in [0.15, 0.2) is 65.8 Å². The normalized spacial score (nSPS) is 11.2. The largest absolute Gasteiger partial charge is 0.352 e. The number of benzene rings is 2. The lowest BCUT2D eigenvalue weighted by molar-refractivity contribution is 0.0952. The van der Waals surface area contributed by atoms with E-state index in [1.807, 2.05) is 12.3 Å². The third-order valence-corrected chi connectivity index (χ3v) is 5.72. The molecule has 0 aliphatic carbocycles. The molecule has 0 aliphatic rings. The predicted octanol–water partition coefficient (Wildman–Crippen LogP) is 3.30. The fourth-order valence-corrected chi connectivity index (χ4v) is 3.83. The lowest BCUT2D eigenvalue weighted by atomic mass is 10.2. The van der Waals surface area contributed by atoms with Crippen molar-refractivity contribution in [3.63, 3.8) is 0 Å². The number of aromatic nitrogens is 2. The summed E-state index contributed by atoms with van der Waals surface area (Å²) in [5.74, 6) is -0.905. The van der Waals surface area contributed by atoms with Gasteiger partial charge >= 0.3 is 0 Å². The minimum Gasteiger partial charge on any atom is -0.352 e. The van der Waals surface area contributed by atoms with Gasteiger partial charge in [-0.15, -0.1) is 0 Å². The summed E-state index contributed by atoms with van der Waals surface area (Å²) >= 11 is 6.08. The Morgan fingerprint density at radius 3 is 2.62 bits per heavy atom. The highest BCUT2D eigenvalue weighted by atomic mass is 35.5. The Labute approximate surface area is 172 Å². The maximum absolute atomic E-state index is 13.0. The number of anilines is 1. The summed E-state index contributed by atoms with van der Waals surface area (Å²) in [4.78, 5) is 12.2. The van der Waals surface area contributed by atoms with Gasteiger partial charge in [-0.05, 0) is 55.0 Å². The molecule has 10 heteroatoms. The fraction of sp³-hybridized carbons (Fsp3) is 0.158. The molecule has 152 valence electrons. The van der Waals surface area contributed by atoms with E-state index in [-0.39, 0.29) is 27.1 Å². The minimum absolute atomic E-state index is 0.0557. The summed E-state index contributed by atoms with van der Waals surface area (Å²) in [5, 5.41) is 6.98. The zero-order valence-electron chi connectivity index (χ0n) is 15.2. The van der Waals surface area contributed by atoms with Crippen molar-refractivity contribution >= 4 is 33.2 Å². The van der Waals surface area contributed by atoms with E-state index in [1.54, 1.807) is 10.9 Å². The first kappa shape index (κ1) is 20.8. The summed E-state index contributed by atoms with van der Waals surface area (Å²) in [6.45, 7) is 1.09. The van der Waals surface area contributed by atoms with Gasteiger partial charge in [0.15, 0.2) is 0 Å². The average Bonchev–Trinajstić information content (AvgIpc) is 3.20. The van der Waals surface area contributed by atoms with Crippen LogP contribution in [0.3, 0.4) is 0 Å². The van der Waals surface area contributed by atoms with Gasteiger partial charge < -0.3 is 5.32 Å². The molecule has 0 saturated carbocycles. The second-order valence-electron chi connectivity index (χ2n) is 6.13. The van der Waals surface area contributed by atoms with E-state index in [2.05, 4.69) is 15.1 Å². The van der Waals surface area contributed by atoms with Gasteiger partial charge in [0.1, 0.15) is 5.82 Å². The van der Waals surface area contributed by atoms with E-state index < -0.39 is 15.8 Å². The monoisotopic (exact) mass is 436 g/mol. The lowest BCUT2D eigenvalue weighted by Gasteiger charge is -2.12. The fourth-order valence-electron chi connectivity index (χ4n) is 2.54. The molecule has 2 aromatic carbocycles. The highest BCUT2D eigenvalue weighted by molar-refractivity contribution is 7.92. The van der Waals surface area contributed by atoms with Crippen molar-refractivity contribution in [2.75, 3.05) is 11.3 Å². The van der Waals surface area contributed by atoms with Crippen LogP contribution in [-0.2, 0) is 16.6 Å². The Balaban J connectivity index is 1.65. The Hall–Kier alpha value is -2.91. The molecule has 2 N–H and O–H groups in total. The second kappa shape index (κ2) is 9.06. The van der Waals surface area contributed by atoms with Gasteiger partial charge in [0.25, 0.3) is 15.9 Å². The van der Waals surface area contributed by atoms with Crippen LogP contribution in [0.4, 0.5) is 10.1 Å². The van der Waals surface area contributed by atoms with Crippen LogP contribution in [0.2, 0.25) is 5.02 Å². The first-order chi connectivity index (χ1) is 13.8. The predicted molar refractivity (Wildman–Crippen MR) is 108 cm³/mol. The number of nitrogens with zero attached hydrogens (tertiary/aromatic N) is 2. The molecule has 1 amide bonds. The Bertz CT molecular complexity index is 1090. The van der Waals surface area contributed by atoms with Gasteiger partial charge in [-0.1, -0.05) is 11.6 Å².